The van der Waals surface area contributed by atoms with Gasteiger partial charge in [0.1, 0.15) is 0 Å². The molecular weight excluding hydrogens is 548 g/mol. The first kappa shape index (κ1) is 44.5. The van der Waals surface area contributed by atoms with Crippen LogP contribution in [0, 0.1) is 0 Å². The maximum absolute atomic E-state index is 11.8. The SMILES string of the molecule is CCCCCCCCCCCCCCCCCCCCCCCCCCCCCCCCCCOC(=O)CCCCCCCC. The van der Waals surface area contributed by atoms with E-state index in [-0.39, 0.29) is 5.97 Å². The third-order valence-corrected chi connectivity index (χ3v) is 10.00. The molecule has 0 bridgehead atoms. The lowest BCUT2D eigenvalue weighted by atomic mass is 10.0. The summed E-state index contributed by atoms with van der Waals surface area (Å²) in [6.07, 6.45) is 53.8. The van der Waals surface area contributed by atoms with Crippen LogP contribution in [0.4, 0.5) is 0 Å². The highest BCUT2D eigenvalue weighted by molar-refractivity contribution is 5.69. The lowest BCUT2D eigenvalue weighted by molar-refractivity contribution is -0.143. The van der Waals surface area contributed by atoms with Crippen LogP contribution in [0.5, 0.6) is 0 Å². The Labute approximate surface area is 285 Å². The van der Waals surface area contributed by atoms with Crippen LogP contribution in [-0.2, 0) is 9.53 Å². The van der Waals surface area contributed by atoms with Crippen molar-refractivity contribution in [1.82, 2.24) is 0 Å². The second kappa shape index (κ2) is 41.5. The van der Waals surface area contributed by atoms with E-state index >= 15 is 0 Å². The smallest absolute Gasteiger partial charge is 0.305 e. The second-order valence-corrected chi connectivity index (χ2v) is 14.7. The molecule has 2 nitrogen and oxygen atoms in total. The van der Waals surface area contributed by atoms with E-state index in [0.717, 1.165) is 12.8 Å². The van der Waals surface area contributed by atoms with Gasteiger partial charge in [-0.15, -0.1) is 0 Å². The van der Waals surface area contributed by atoms with Crippen molar-refractivity contribution in [3.63, 3.8) is 0 Å². The Morgan fingerprint density at radius 2 is 0.489 bits per heavy atom. The van der Waals surface area contributed by atoms with Crippen LogP contribution >= 0.6 is 0 Å². The summed E-state index contributed by atoms with van der Waals surface area (Å²) in [6.45, 7) is 5.18. The predicted octanol–water partition coefficient (Wildman–Crippen LogP) is 15.8. The molecule has 0 aliphatic rings. The molecule has 45 heavy (non-hydrogen) atoms. The summed E-state index contributed by atoms with van der Waals surface area (Å²) in [5.74, 6) is 0.0197. The van der Waals surface area contributed by atoms with E-state index in [9.17, 15) is 4.79 Å². The van der Waals surface area contributed by atoms with E-state index < -0.39 is 0 Å². The fourth-order valence-corrected chi connectivity index (χ4v) is 6.79. The fraction of sp³-hybridized carbons (Fsp3) is 0.977. The van der Waals surface area contributed by atoms with Crippen LogP contribution in [0.1, 0.15) is 264 Å². The number of carbonyl (C=O) groups excluding carboxylic acids is 1. The molecule has 0 spiro atoms. The van der Waals surface area contributed by atoms with Crippen molar-refractivity contribution < 1.29 is 9.53 Å². The number of ether oxygens (including phenoxy) is 1. The summed E-state index contributed by atoms with van der Waals surface area (Å²) in [5, 5.41) is 0. The van der Waals surface area contributed by atoms with Crippen molar-refractivity contribution in [3.05, 3.63) is 0 Å². The van der Waals surface area contributed by atoms with Gasteiger partial charge in [-0.25, -0.2) is 0 Å². The number of carbonyl (C=O) groups is 1. The lowest BCUT2D eigenvalue weighted by Gasteiger charge is -2.06. The second-order valence-electron chi connectivity index (χ2n) is 14.7. The molecule has 0 aromatic carbocycles. The maximum Gasteiger partial charge on any atom is 0.305 e. The Morgan fingerprint density at radius 1 is 0.289 bits per heavy atom. The van der Waals surface area contributed by atoms with Gasteiger partial charge in [-0.3, -0.25) is 4.79 Å². The molecule has 0 heterocycles. The van der Waals surface area contributed by atoms with Crippen LogP contribution in [-0.4, -0.2) is 12.6 Å². The van der Waals surface area contributed by atoms with E-state index in [2.05, 4.69) is 13.8 Å². The Balaban J connectivity index is 3.09. The van der Waals surface area contributed by atoms with Gasteiger partial charge >= 0.3 is 5.97 Å². The average Bonchev–Trinajstić information content (AvgIpc) is 3.05. The zero-order chi connectivity index (χ0) is 32.6. The van der Waals surface area contributed by atoms with E-state index in [0.29, 0.717) is 13.0 Å². The Kier molecular flexibility index (Phi) is 41.0. The van der Waals surface area contributed by atoms with Gasteiger partial charge in [0.15, 0.2) is 0 Å². The molecule has 0 aromatic rings. The van der Waals surface area contributed by atoms with Gasteiger partial charge in [0, 0.05) is 6.42 Å². The molecule has 0 atom stereocenters. The maximum atomic E-state index is 11.8. The third kappa shape index (κ3) is 41.4. The first-order valence-electron chi connectivity index (χ1n) is 21.5. The Morgan fingerprint density at radius 3 is 0.733 bits per heavy atom. The number of esters is 1. The first-order chi connectivity index (χ1) is 22.3. The van der Waals surface area contributed by atoms with Crippen molar-refractivity contribution in [2.75, 3.05) is 6.61 Å². The van der Waals surface area contributed by atoms with Crippen molar-refractivity contribution >= 4 is 5.97 Å². The molecule has 2 heteroatoms. The van der Waals surface area contributed by atoms with Crippen LogP contribution in [0.3, 0.4) is 0 Å². The number of rotatable bonds is 40. The predicted molar refractivity (Wildman–Crippen MR) is 202 cm³/mol. The molecule has 0 aromatic heterocycles. The van der Waals surface area contributed by atoms with Crippen LogP contribution in [0.2, 0.25) is 0 Å². The zero-order valence-electron chi connectivity index (χ0n) is 31.6. The van der Waals surface area contributed by atoms with Crippen LogP contribution in [0.15, 0.2) is 0 Å². The van der Waals surface area contributed by atoms with E-state index in [4.69, 9.17) is 4.74 Å². The summed E-state index contributed by atoms with van der Waals surface area (Å²) < 4.78 is 5.40. The molecule has 0 unspecified atom stereocenters. The van der Waals surface area contributed by atoms with Crippen molar-refractivity contribution in [3.8, 4) is 0 Å². The zero-order valence-corrected chi connectivity index (χ0v) is 31.6. The molecule has 0 N–H and O–H groups in total. The van der Waals surface area contributed by atoms with Gasteiger partial charge in [0.05, 0.1) is 6.61 Å². The van der Waals surface area contributed by atoms with Crippen molar-refractivity contribution in [2.45, 2.75) is 264 Å². The van der Waals surface area contributed by atoms with Gasteiger partial charge in [-0.1, -0.05) is 245 Å². The monoisotopic (exact) mass is 635 g/mol. The topological polar surface area (TPSA) is 26.3 Å². The highest BCUT2D eigenvalue weighted by Gasteiger charge is 2.02. The minimum atomic E-state index is 0.0197. The fourth-order valence-electron chi connectivity index (χ4n) is 6.79. The summed E-state index contributed by atoms with van der Waals surface area (Å²) in [7, 11) is 0. The van der Waals surface area contributed by atoms with E-state index in [1.807, 2.05) is 0 Å². The third-order valence-electron chi connectivity index (χ3n) is 10.00. The molecule has 270 valence electrons. The largest absolute Gasteiger partial charge is 0.466 e. The summed E-state index contributed by atoms with van der Waals surface area (Å²) in [4.78, 5) is 11.8. The normalized spacial score (nSPS) is 11.4. The Hall–Kier alpha value is -0.530. The summed E-state index contributed by atoms with van der Waals surface area (Å²) >= 11 is 0. The van der Waals surface area contributed by atoms with Gasteiger partial charge in [0.25, 0.3) is 0 Å². The van der Waals surface area contributed by atoms with Crippen LogP contribution in [0.25, 0.3) is 0 Å². The standard InChI is InChI=1S/C43H86O2/c1-3-5-7-9-11-12-13-14-15-16-17-18-19-20-21-22-23-24-25-26-27-28-29-30-31-32-33-34-35-36-38-40-42-45-43(44)41-39-37-10-8-6-4-2/h3-42H2,1-2H3. The molecule has 0 aliphatic heterocycles. The van der Waals surface area contributed by atoms with E-state index in [1.54, 1.807) is 0 Å². The van der Waals surface area contributed by atoms with Gasteiger partial charge < -0.3 is 4.74 Å². The molecular formula is C43H86O2. The molecule has 0 aliphatic carbocycles. The number of unbranched alkanes of at least 4 members (excludes halogenated alkanes) is 36. The molecule has 0 saturated carbocycles. The molecule has 0 fully saturated rings. The first-order valence-corrected chi connectivity index (χ1v) is 21.5. The minimum absolute atomic E-state index is 0.0197. The Bertz CT molecular complexity index is 530. The highest BCUT2D eigenvalue weighted by Crippen LogP contribution is 2.17. The quantitative estimate of drug-likeness (QED) is 0.0495. The van der Waals surface area contributed by atoms with Crippen molar-refractivity contribution in [1.29, 1.82) is 0 Å². The van der Waals surface area contributed by atoms with Gasteiger partial charge in [0.2, 0.25) is 0 Å². The summed E-state index contributed by atoms with van der Waals surface area (Å²) in [6, 6.07) is 0. The van der Waals surface area contributed by atoms with Crippen molar-refractivity contribution in [2.24, 2.45) is 0 Å². The number of hydrogen-bond donors (Lipinski definition) is 0. The molecule has 0 radical (unpaired) electrons. The summed E-state index contributed by atoms with van der Waals surface area (Å²) in [5.41, 5.74) is 0. The number of hydrogen-bond acceptors (Lipinski definition) is 2. The average molecular weight is 635 g/mol. The molecule has 0 rings (SSSR count). The lowest BCUT2D eigenvalue weighted by Crippen LogP contribution is -2.05. The van der Waals surface area contributed by atoms with Crippen LogP contribution < -0.4 is 0 Å². The molecule has 0 saturated heterocycles. The van der Waals surface area contributed by atoms with E-state index in [1.165, 1.54) is 231 Å². The minimum Gasteiger partial charge on any atom is -0.466 e. The molecule has 0 amide bonds. The van der Waals surface area contributed by atoms with Gasteiger partial charge in [-0.2, -0.15) is 0 Å². The highest BCUT2D eigenvalue weighted by atomic mass is 16.5. The van der Waals surface area contributed by atoms with Gasteiger partial charge in [-0.05, 0) is 12.8 Å².